The fourth-order valence-electron chi connectivity index (χ4n) is 3.00. The summed E-state index contributed by atoms with van der Waals surface area (Å²) in [6.07, 6.45) is -0.651. The number of carbonyl (C=O) groups is 2. The van der Waals surface area contributed by atoms with E-state index in [1.165, 1.54) is 0 Å². The Bertz CT molecular complexity index is 1000. The third-order valence-electron chi connectivity index (χ3n) is 4.73. The van der Waals surface area contributed by atoms with Crippen molar-refractivity contribution in [3.63, 3.8) is 0 Å². The molecule has 0 saturated carbocycles. The number of carbonyl (C=O) groups excluding carboxylic acids is 2. The Morgan fingerprint density at radius 1 is 0.867 bits per heavy atom. The molecule has 0 aliphatic carbocycles. The number of hydrogen-bond donors (Lipinski definition) is 2. The second-order valence-electron chi connectivity index (χ2n) is 7.25. The van der Waals surface area contributed by atoms with Gasteiger partial charge in [0, 0.05) is 11.3 Å². The molecule has 5 heteroatoms. The number of rotatable bonds is 7. The molecule has 0 fully saturated rings. The number of aryl methyl sites for hydroxylation is 1. The minimum absolute atomic E-state index is 0.0994. The number of anilines is 1. The second kappa shape index (κ2) is 9.74. The summed E-state index contributed by atoms with van der Waals surface area (Å²) >= 11 is 0. The van der Waals surface area contributed by atoms with Crippen LogP contribution in [0, 0.1) is 6.92 Å². The molecule has 0 aliphatic heterocycles. The largest absolute Gasteiger partial charge is 0.481 e. The van der Waals surface area contributed by atoms with Gasteiger partial charge >= 0.3 is 0 Å². The summed E-state index contributed by atoms with van der Waals surface area (Å²) in [5, 5.41) is 5.79. The zero-order chi connectivity index (χ0) is 21.5. The molecule has 2 amide bonds. The lowest BCUT2D eigenvalue weighted by Gasteiger charge is -2.16. The normalized spacial score (nSPS) is 12.5. The summed E-state index contributed by atoms with van der Waals surface area (Å²) in [4.78, 5) is 24.9. The van der Waals surface area contributed by atoms with Crippen LogP contribution in [0.2, 0.25) is 0 Å². The molecular weight excluding hydrogens is 376 g/mol. The van der Waals surface area contributed by atoms with Gasteiger partial charge in [-0.05, 0) is 68.3 Å². The van der Waals surface area contributed by atoms with Crippen molar-refractivity contribution in [2.45, 2.75) is 32.9 Å². The van der Waals surface area contributed by atoms with Crippen molar-refractivity contribution in [1.82, 2.24) is 5.32 Å². The Morgan fingerprint density at radius 3 is 2.23 bits per heavy atom. The molecule has 30 heavy (non-hydrogen) atoms. The van der Waals surface area contributed by atoms with Gasteiger partial charge in [-0.3, -0.25) is 9.59 Å². The van der Waals surface area contributed by atoms with Crippen LogP contribution in [0.25, 0.3) is 0 Å². The Labute approximate surface area is 177 Å². The van der Waals surface area contributed by atoms with Crippen LogP contribution < -0.4 is 15.4 Å². The van der Waals surface area contributed by atoms with Crippen molar-refractivity contribution < 1.29 is 14.3 Å². The van der Waals surface area contributed by atoms with Crippen molar-refractivity contribution in [2.75, 3.05) is 5.32 Å². The SMILES string of the molecule is Cc1cccc(OC(C)C(=O)Nc2ccc(C(=O)NC(C)c3ccccc3)cc2)c1. The van der Waals surface area contributed by atoms with Gasteiger partial charge in [-0.2, -0.15) is 0 Å². The fourth-order valence-corrected chi connectivity index (χ4v) is 3.00. The Balaban J connectivity index is 1.55. The average Bonchev–Trinajstić information content (AvgIpc) is 2.74. The molecule has 3 aromatic rings. The number of hydrogen-bond acceptors (Lipinski definition) is 3. The van der Waals surface area contributed by atoms with Crippen molar-refractivity contribution in [2.24, 2.45) is 0 Å². The lowest BCUT2D eigenvalue weighted by atomic mass is 10.1. The zero-order valence-electron chi connectivity index (χ0n) is 17.4. The predicted octanol–water partition coefficient (Wildman–Crippen LogP) is 4.89. The van der Waals surface area contributed by atoms with Crippen LogP contribution in [0.4, 0.5) is 5.69 Å². The van der Waals surface area contributed by atoms with Gasteiger partial charge in [-0.25, -0.2) is 0 Å². The van der Waals surface area contributed by atoms with Gasteiger partial charge in [-0.1, -0.05) is 42.5 Å². The van der Waals surface area contributed by atoms with Gasteiger partial charge in [0.2, 0.25) is 0 Å². The van der Waals surface area contributed by atoms with Crippen LogP contribution in [0.1, 0.15) is 41.4 Å². The van der Waals surface area contributed by atoms with E-state index in [1.807, 2.05) is 68.4 Å². The second-order valence-corrected chi connectivity index (χ2v) is 7.25. The quantitative estimate of drug-likeness (QED) is 0.591. The molecule has 5 nitrogen and oxygen atoms in total. The topological polar surface area (TPSA) is 67.4 Å². The minimum Gasteiger partial charge on any atom is -0.481 e. The highest BCUT2D eigenvalue weighted by atomic mass is 16.5. The molecule has 2 unspecified atom stereocenters. The smallest absolute Gasteiger partial charge is 0.265 e. The van der Waals surface area contributed by atoms with E-state index in [4.69, 9.17) is 4.74 Å². The Morgan fingerprint density at radius 2 is 1.57 bits per heavy atom. The van der Waals surface area contributed by atoms with Crippen LogP contribution in [0.15, 0.2) is 78.9 Å². The highest BCUT2D eigenvalue weighted by Crippen LogP contribution is 2.17. The molecule has 0 heterocycles. The standard InChI is InChI=1S/C25H26N2O3/c1-17-8-7-11-23(16-17)30-19(3)24(28)27-22-14-12-21(13-15-22)25(29)26-18(2)20-9-5-4-6-10-20/h4-16,18-19H,1-3H3,(H,26,29)(H,27,28). The number of amides is 2. The minimum atomic E-state index is -0.651. The maximum atomic E-state index is 12.5. The molecule has 2 atom stereocenters. The van der Waals surface area contributed by atoms with Crippen LogP contribution in [0.5, 0.6) is 5.75 Å². The van der Waals surface area contributed by atoms with Crippen molar-refractivity contribution in [1.29, 1.82) is 0 Å². The summed E-state index contributed by atoms with van der Waals surface area (Å²) < 4.78 is 5.70. The lowest BCUT2D eigenvalue weighted by Crippen LogP contribution is -2.30. The van der Waals surface area contributed by atoms with Gasteiger partial charge in [0.1, 0.15) is 5.75 Å². The first-order chi connectivity index (χ1) is 14.4. The third-order valence-corrected chi connectivity index (χ3v) is 4.73. The maximum Gasteiger partial charge on any atom is 0.265 e. The first kappa shape index (κ1) is 21.1. The van der Waals surface area contributed by atoms with Gasteiger partial charge < -0.3 is 15.4 Å². The summed E-state index contributed by atoms with van der Waals surface area (Å²) in [6.45, 7) is 5.61. The fraction of sp³-hybridized carbons (Fsp3) is 0.200. The maximum absolute atomic E-state index is 12.5. The molecule has 2 N–H and O–H groups in total. The summed E-state index contributed by atoms with van der Waals surface area (Å²) in [5.41, 5.74) is 3.24. The van der Waals surface area contributed by atoms with E-state index in [0.717, 1.165) is 11.1 Å². The molecule has 3 rings (SSSR count). The number of nitrogens with one attached hydrogen (secondary N) is 2. The van der Waals surface area contributed by atoms with Crippen LogP contribution >= 0.6 is 0 Å². The van der Waals surface area contributed by atoms with Crippen molar-refractivity contribution >= 4 is 17.5 Å². The molecule has 0 saturated heterocycles. The highest BCUT2D eigenvalue weighted by molar-refractivity contribution is 5.97. The molecule has 0 radical (unpaired) electrons. The van der Waals surface area contributed by atoms with Crippen molar-refractivity contribution in [3.8, 4) is 5.75 Å². The first-order valence-electron chi connectivity index (χ1n) is 9.92. The summed E-state index contributed by atoms with van der Waals surface area (Å²) in [5.74, 6) is 0.226. The molecule has 3 aromatic carbocycles. The first-order valence-corrected chi connectivity index (χ1v) is 9.92. The lowest BCUT2D eigenvalue weighted by molar-refractivity contribution is -0.122. The van der Waals surface area contributed by atoms with E-state index in [9.17, 15) is 9.59 Å². The van der Waals surface area contributed by atoms with Crippen molar-refractivity contribution in [3.05, 3.63) is 95.6 Å². The predicted molar refractivity (Wildman–Crippen MR) is 119 cm³/mol. The summed E-state index contributed by atoms with van der Waals surface area (Å²) in [6, 6.07) is 24.0. The van der Waals surface area contributed by atoms with Gasteiger partial charge in [0.15, 0.2) is 6.10 Å². The van der Waals surface area contributed by atoms with Gasteiger partial charge in [-0.15, -0.1) is 0 Å². The molecule has 0 spiro atoms. The summed E-state index contributed by atoms with van der Waals surface area (Å²) in [7, 11) is 0. The van der Waals surface area contributed by atoms with E-state index in [0.29, 0.717) is 17.0 Å². The molecule has 0 bridgehead atoms. The van der Waals surface area contributed by atoms with Gasteiger partial charge in [0.25, 0.3) is 11.8 Å². The van der Waals surface area contributed by atoms with Crippen LogP contribution in [-0.2, 0) is 4.79 Å². The highest BCUT2D eigenvalue weighted by Gasteiger charge is 2.16. The van der Waals surface area contributed by atoms with E-state index in [-0.39, 0.29) is 17.9 Å². The monoisotopic (exact) mass is 402 g/mol. The molecule has 0 aromatic heterocycles. The molecule has 154 valence electrons. The van der Waals surface area contributed by atoms with E-state index in [2.05, 4.69) is 10.6 Å². The van der Waals surface area contributed by atoms with Crippen LogP contribution in [0.3, 0.4) is 0 Å². The Kier molecular flexibility index (Phi) is 6.86. The Hall–Kier alpha value is -3.60. The zero-order valence-corrected chi connectivity index (χ0v) is 17.4. The number of benzene rings is 3. The van der Waals surface area contributed by atoms with Gasteiger partial charge in [0.05, 0.1) is 6.04 Å². The van der Waals surface area contributed by atoms with E-state index in [1.54, 1.807) is 31.2 Å². The average molecular weight is 402 g/mol. The van der Waals surface area contributed by atoms with E-state index >= 15 is 0 Å². The number of ether oxygens (including phenoxy) is 1. The van der Waals surface area contributed by atoms with Crippen LogP contribution in [-0.4, -0.2) is 17.9 Å². The molecule has 0 aliphatic rings. The molecular formula is C25H26N2O3. The third kappa shape index (κ3) is 5.70. The van der Waals surface area contributed by atoms with E-state index < -0.39 is 6.10 Å².